The number of hydrogen-bond acceptors (Lipinski definition) is 4. The fourth-order valence-corrected chi connectivity index (χ4v) is 2.76. The van der Waals surface area contributed by atoms with Crippen LogP contribution in [0.1, 0.15) is 36.7 Å². The van der Waals surface area contributed by atoms with E-state index in [-0.39, 0.29) is 5.56 Å². The summed E-state index contributed by atoms with van der Waals surface area (Å²) in [6.07, 6.45) is 1.04. The molecule has 3 aromatic rings. The minimum atomic E-state index is -0.998. The Bertz CT molecular complexity index is 997. The van der Waals surface area contributed by atoms with Gasteiger partial charge >= 0.3 is 12.1 Å². The molecule has 6 heteroatoms. The Hall–Kier alpha value is -3.28. The van der Waals surface area contributed by atoms with Crippen molar-refractivity contribution in [2.45, 2.75) is 32.9 Å². The summed E-state index contributed by atoms with van der Waals surface area (Å²) in [5.41, 5.74) is 2.61. The van der Waals surface area contributed by atoms with Crippen LogP contribution in [0, 0.1) is 0 Å². The van der Waals surface area contributed by atoms with Gasteiger partial charge in [-0.05, 0) is 56.2 Å². The smallest absolute Gasteiger partial charge is 0.407 e. The molecule has 2 aromatic carbocycles. The summed E-state index contributed by atoms with van der Waals surface area (Å²) in [6.45, 7) is 5.70. The van der Waals surface area contributed by atoms with Crippen LogP contribution in [-0.2, 0) is 11.3 Å². The van der Waals surface area contributed by atoms with Gasteiger partial charge in [0.2, 0.25) is 0 Å². The Morgan fingerprint density at radius 1 is 1.15 bits per heavy atom. The number of nitrogens with one attached hydrogen (secondary N) is 1. The summed E-state index contributed by atoms with van der Waals surface area (Å²) in [4.78, 5) is 23.2. The maximum absolute atomic E-state index is 11.8. The van der Waals surface area contributed by atoms with E-state index in [1.54, 1.807) is 39.0 Å². The van der Waals surface area contributed by atoms with Gasteiger partial charge in [0.15, 0.2) is 0 Å². The van der Waals surface area contributed by atoms with Crippen LogP contribution in [0.2, 0.25) is 0 Å². The average Bonchev–Trinajstić information content (AvgIpc) is 3.06. The number of fused-ring (bicyclic) bond motifs is 1. The monoisotopic (exact) mass is 367 g/mol. The van der Waals surface area contributed by atoms with E-state index in [0.717, 1.165) is 16.5 Å². The zero-order valence-corrected chi connectivity index (χ0v) is 15.4. The minimum Gasteiger partial charge on any atom is -0.478 e. The van der Waals surface area contributed by atoms with Crippen LogP contribution < -0.4 is 5.32 Å². The third-order valence-electron chi connectivity index (χ3n) is 3.87. The SMILES string of the molecule is CC(C)(C)OC(=O)NCc1cccc(-c2cc(C(=O)O)cc3ccoc23)c1. The lowest BCUT2D eigenvalue weighted by Crippen LogP contribution is -2.32. The number of carboxylic acid groups (broad SMARTS) is 1. The summed E-state index contributed by atoms with van der Waals surface area (Å²) in [5.74, 6) is -0.998. The molecule has 0 atom stereocenters. The molecule has 6 nitrogen and oxygen atoms in total. The van der Waals surface area contributed by atoms with Crippen LogP contribution in [0.25, 0.3) is 22.1 Å². The van der Waals surface area contributed by atoms with Gasteiger partial charge in [0, 0.05) is 17.5 Å². The number of rotatable bonds is 4. The van der Waals surface area contributed by atoms with Gasteiger partial charge in [-0.2, -0.15) is 0 Å². The molecule has 140 valence electrons. The molecule has 27 heavy (non-hydrogen) atoms. The van der Waals surface area contributed by atoms with Crippen LogP contribution in [0.15, 0.2) is 53.1 Å². The van der Waals surface area contributed by atoms with Crippen LogP contribution in [-0.4, -0.2) is 22.8 Å². The highest BCUT2D eigenvalue weighted by Gasteiger charge is 2.16. The van der Waals surface area contributed by atoms with Crippen LogP contribution in [0.5, 0.6) is 0 Å². The van der Waals surface area contributed by atoms with E-state index in [2.05, 4.69) is 5.32 Å². The topological polar surface area (TPSA) is 88.8 Å². The maximum atomic E-state index is 11.8. The van der Waals surface area contributed by atoms with Gasteiger partial charge in [0.1, 0.15) is 11.2 Å². The number of carboxylic acids is 1. The van der Waals surface area contributed by atoms with Gasteiger partial charge in [-0.25, -0.2) is 9.59 Å². The lowest BCUT2D eigenvalue weighted by Gasteiger charge is -2.19. The summed E-state index contributed by atoms with van der Waals surface area (Å²) in [5, 5.41) is 12.8. The molecule has 2 N–H and O–H groups in total. The van der Waals surface area contributed by atoms with E-state index in [4.69, 9.17) is 9.15 Å². The summed E-state index contributed by atoms with van der Waals surface area (Å²) in [6, 6.07) is 12.4. The number of aromatic carboxylic acids is 1. The Morgan fingerprint density at radius 2 is 1.93 bits per heavy atom. The predicted molar refractivity (Wildman–Crippen MR) is 102 cm³/mol. The first-order valence-corrected chi connectivity index (χ1v) is 8.54. The Kier molecular flexibility index (Phi) is 4.90. The number of alkyl carbamates (subject to hydrolysis) is 1. The van der Waals surface area contributed by atoms with Crippen molar-refractivity contribution in [3.63, 3.8) is 0 Å². The molecule has 0 unspecified atom stereocenters. The third-order valence-corrected chi connectivity index (χ3v) is 3.87. The Labute approximate surface area is 156 Å². The highest BCUT2D eigenvalue weighted by Crippen LogP contribution is 2.31. The van der Waals surface area contributed by atoms with Crippen molar-refractivity contribution in [3.8, 4) is 11.1 Å². The second-order valence-corrected chi connectivity index (χ2v) is 7.22. The van der Waals surface area contributed by atoms with Crippen molar-refractivity contribution in [2.75, 3.05) is 0 Å². The molecular weight excluding hydrogens is 346 g/mol. The maximum Gasteiger partial charge on any atom is 0.407 e. The van der Waals surface area contributed by atoms with E-state index in [9.17, 15) is 14.7 Å². The molecule has 0 saturated heterocycles. The summed E-state index contributed by atoms with van der Waals surface area (Å²) < 4.78 is 10.8. The van der Waals surface area contributed by atoms with Gasteiger partial charge in [-0.1, -0.05) is 18.2 Å². The quantitative estimate of drug-likeness (QED) is 0.690. The zero-order chi connectivity index (χ0) is 19.6. The van der Waals surface area contributed by atoms with E-state index >= 15 is 0 Å². The Morgan fingerprint density at radius 3 is 2.63 bits per heavy atom. The van der Waals surface area contributed by atoms with Crippen LogP contribution >= 0.6 is 0 Å². The van der Waals surface area contributed by atoms with Crippen molar-refractivity contribution in [1.82, 2.24) is 5.32 Å². The Balaban J connectivity index is 1.88. The first-order chi connectivity index (χ1) is 12.7. The number of benzene rings is 2. The standard InChI is InChI=1S/C21H21NO5/c1-21(2,3)27-20(25)22-12-13-5-4-6-14(9-13)17-11-16(19(23)24)10-15-7-8-26-18(15)17/h4-11H,12H2,1-3H3,(H,22,25)(H,23,24). The normalized spacial score (nSPS) is 11.4. The molecule has 3 rings (SSSR count). The van der Waals surface area contributed by atoms with Crippen molar-refractivity contribution >= 4 is 23.0 Å². The summed E-state index contributed by atoms with van der Waals surface area (Å²) >= 11 is 0. The van der Waals surface area contributed by atoms with Gasteiger partial charge in [-0.3, -0.25) is 0 Å². The summed E-state index contributed by atoms with van der Waals surface area (Å²) in [7, 11) is 0. The molecule has 1 amide bonds. The molecule has 0 saturated carbocycles. The number of furan rings is 1. The fourth-order valence-electron chi connectivity index (χ4n) is 2.76. The average molecular weight is 367 g/mol. The third kappa shape index (κ3) is 4.47. The molecule has 0 fully saturated rings. The van der Waals surface area contributed by atoms with Crippen molar-refractivity contribution < 1.29 is 23.8 Å². The van der Waals surface area contributed by atoms with Crippen molar-refractivity contribution in [1.29, 1.82) is 0 Å². The highest BCUT2D eigenvalue weighted by molar-refractivity contribution is 6.00. The molecule has 1 heterocycles. The first kappa shape index (κ1) is 18.5. The molecule has 0 radical (unpaired) electrons. The molecule has 0 bridgehead atoms. The number of ether oxygens (including phenoxy) is 1. The van der Waals surface area contributed by atoms with Gasteiger partial charge in [-0.15, -0.1) is 0 Å². The molecule has 1 aromatic heterocycles. The number of hydrogen-bond donors (Lipinski definition) is 2. The van der Waals surface area contributed by atoms with Crippen molar-refractivity contribution in [2.24, 2.45) is 0 Å². The highest BCUT2D eigenvalue weighted by atomic mass is 16.6. The number of carbonyl (C=O) groups is 2. The minimum absolute atomic E-state index is 0.191. The number of carbonyl (C=O) groups excluding carboxylic acids is 1. The molecular formula is C21H21NO5. The number of amides is 1. The van der Waals surface area contributed by atoms with Gasteiger partial charge < -0.3 is 19.6 Å². The second-order valence-electron chi connectivity index (χ2n) is 7.22. The van der Waals surface area contributed by atoms with Crippen LogP contribution in [0.3, 0.4) is 0 Å². The molecule has 0 aliphatic heterocycles. The first-order valence-electron chi connectivity index (χ1n) is 8.54. The largest absolute Gasteiger partial charge is 0.478 e. The lowest BCUT2D eigenvalue weighted by atomic mass is 9.99. The van der Waals surface area contributed by atoms with E-state index in [1.807, 2.05) is 24.3 Å². The molecule has 0 spiro atoms. The molecule has 0 aliphatic rings. The fraction of sp³-hybridized carbons (Fsp3) is 0.238. The van der Waals surface area contributed by atoms with Gasteiger partial charge in [0.25, 0.3) is 0 Å². The zero-order valence-electron chi connectivity index (χ0n) is 15.4. The second kappa shape index (κ2) is 7.15. The van der Waals surface area contributed by atoms with Crippen molar-refractivity contribution in [3.05, 3.63) is 59.9 Å². The molecule has 0 aliphatic carbocycles. The van der Waals surface area contributed by atoms with Gasteiger partial charge in [0.05, 0.1) is 11.8 Å². The lowest BCUT2D eigenvalue weighted by molar-refractivity contribution is 0.0523. The predicted octanol–water partition coefficient (Wildman–Crippen LogP) is 4.82. The van der Waals surface area contributed by atoms with E-state index < -0.39 is 17.7 Å². The van der Waals surface area contributed by atoms with E-state index in [0.29, 0.717) is 17.7 Å². The van der Waals surface area contributed by atoms with Crippen LogP contribution in [0.4, 0.5) is 4.79 Å². The van der Waals surface area contributed by atoms with E-state index in [1.165, 1.54) is 6.26 Å².